The summed E-state index contributed by atoms with van der Waals surface area (Å²) in [5.41, 5.74) is 1.91. The van der Waals surface area contributed by atoms with E-state index >= 15 is 0 Å². The molecule has 0 aliphatic carbocycles. The lowest BCUT2D eigenvalue weighted by atomic mass is 10.1. The molecule has 3 nitrogen and oxygen atoms in total. The summed E-state index contributed by atoms with van der Waals surface area (Å²) in [6, 6.07) is 13.5. The maximum absolute atomic E-state index is 11.0. The number of rotatable bonds is 3. The van der Waals surface area contributed by atoms with Gasteiger partial charge in [-0.25, -0.2) is 0 Å². The topological polar surface area (TPSA) is 39.2 Å². The fraction of sp³-hybridized carbons (Fsp3) is 0.143. The molecule has 86 valence electrons. The van der Waals surface area contributed by atoms with E-state index in [4.69, 9.17) is 4.74 Å². The highest BCUT2D eigenvalue weighted by atomic mass is 16.5. The monoisotopic (exact) mass is 227 g/mol. The van der Waals surface area contributed by atoms with E-state index in [0.717, 1.165) is 11.3 Å². The molecule has 2 rings (SSSR count). The molecule has 0 N–H and O–H groups in total. The van der Waals surface area contributed by atoms with Gasteiger partial charge in [0.05, 0.1) is 5.69 Å². The molecule has 3 heteroatoms. The second-order valence-electron chi connectivity index (χ2n) is 3.70. The lowest BCUT2D eigenvalue weighted by molar-refractivity contribution is -0.131. The molecule has 0 aliphatic heterocycles. The van der Waals surface area contributed by atoms with Crippen LogP contribution in [0, 0.1) is 0 Å². The van der Waals surface area contributed by atoms with Gasteiger partial charge in [-0.2, -0.15) is 0 Å². The number of carbonyl (C=O) groups is 1. The molecule has 0 radical (unpaired) electrons. The van der Waals surface area contributed by atoms with Gasteiger partial charge in [-0.05, 0) is 17.7 Å². The number of benzene rings is 1. The molecule has 0 atom stereocenters. The van der Waals surface area contributed by atoms with E-state index in [1.54, 1.807) is 18.3 Å². The molecule has 1 heterocycles. The molecule has 0 aliphatic rings. The van der Waals surface area contributed by atoms with Gasteiger partial charge in [-0.15, -0.1) is 0 Å². The molecule has 0 saturated heterocycles. The van der Waals surface area contributed by atoms with Crippen molar-refractivity contribution >= 4 is 5.97 Å². The fourth-order valence-corrected chi connectivity index (χ4v) is 1.59. The average molecular weight is 227 g/mol. The molecular formula is C14H13NO2. The summed E-state index contributed by atoms with van der Waals surface area (Å²) in [4.78, 5) is 15.2. The lowest BCUT2D eigenvalue weighted by Gasteiger charge is -2.07. The van der Waals surface area contributed by atoms with E-state index in [1.807, 2.05) is 30.3 Å². The molecular weight excluding hydrogens is 214 g/mol. The Morgan fingerprint density at radius 3 is 2.65 bits per heavy atom. The Hall–Kier alpha value is -2.16. The largest absolute Gasteiger partial charge is 0.425 e. The van der Waals surface area contributed by atoms with Crippen LogP contribution in [0.15, 0.2) is 48.7 Å². The third-order valence-corrected chi connectivity index (χ3v) is 2.32. The Kier molecular flexibility index (Phi) is 3.50. The summed E-state index contributed by atoms with van der Waals surface area (Å²) in [6.07, 6.45) is 2.36. The first-order valence-electron chi connectivity index (χ1n) is 5.42. The number of hydrogen-bond acceptors (Lipinski definition) is 3. The molecule has 1 aromatic carbocycles. The second-order valence-corrected chi connectivity index (χ2v) is 3.70. The third-order valence-electron chi connectivity index (χ3n) is 2.32. The van der Waals surface area contributed by atoms with E-state index in [-0.39, 0.29) is 5.97 Å². The van der Waals surface area contributed by atoms with Gasteiger partial charge >= 0.3 is 5.97 Å². The maximum Gasteiger partial charge on any atom is 0.308 e. The SMILES string of the molecule is CC(=O)Oc1cccnc1Cc1ccccc1. The predicted octanol–water partition coefficient (Wildman–Crippen LogP) is 2.60. The number of aromatic nitrogens is 1. The van der Waals surface area contributed by atoms with Crippen molar-refractivity contribution in [3.05, 3.63) is 59.9 Å². The minimum atomic E-state index is -0.327. The summed E-state index contributed by atoms with van der Waals surface area (Å²) in [5, 5.41) is 0. The minimum absolute atomic E-state index is 0.327. The highest BCUT2D eigenvalue weighted by molar-refractivity contribution is 5.69. The Balaban J connectivity index is 2.23. The first-order chi connectivity index (χ1) is 8.25. The Morgan fingerprint density at radius 1 is 1.18 bits per heavy atom. The summed E-state index contributed by atoms with van der Waals surface area (Å²) in [7, 11) is 0. The van der Waals surface area contributed by atoms with Crippen molar-refractivity contribution in [1.29, 1.82) is 0 Å². The van der Waals surface area contributed by atoms with Crippen molar-refractivity contribution in [3.8, 4) is 5.75 Å². The third kappa shape index (κ3) is 3.14. The molecule has 0 spiro atoms. The first kappa shape index (κ1) is 11.3. The van der Waals surface area contributed by atoms with Gasteiger partial charge in [0.1, 0.15) is 0 Å². The summed E-state index contributed by atoms with van der Waals surface area (Å²) in [5.74, 6) is 0.205. The normalized spacial score (nSPS) is 9.94. The zero-order valence-electron chi connectivity index (χ0n) is 9.59. The van der Waals surface area contributed by atoms with Gasteiger partial charge in [0.25, 0.3) is 0 Å². The highest BCUT2D eigenvalue weighted by Crippen LogP contribution is 2.19. The molecule has 1 aromatic heterocycles. The quantitative estimate of drug-likeness (QED) is 0.756. The molecule has 0 amide bonds. The van der Waals surface area contributed by atoms with Gasteiger partial charge < -0.3 is 4.74 Å². The molecule has 0 bridgehead atoms. The number of carbonyl (C=O) groups excluding carboxylic acids is 1. The van der Waals surface area contributed by atoms with Crippen molar-refractivity contribution < 1.29 is 9.53 Å². The number of pyridine rings is 1. The molecule has 17 heavy (non-hydrogen) atoms. The number of hydrogen-bond donors (Lipinski definition) is 0. The standard InChI is InChI=1S/C14H13NO2/c1-11(16)17-14-8-5-9-15-13(14)10-12-6-3-2-4-7-12/h2-9H,10H2,1H3. The van der Waals surface area contributed by atoms with Crippen LogP contribution in [-0.4, -0.2) is 11.0 Å². The van der Waals surface area contributed by atoms with Crippen LogP contribution in [0.2, 0.25) is 0 Å². The smallest absolute Gasteiger partial charge is 0.308 e. The number of nitrogens with zero attached hydrogens (tertiary/aromatic N) is 1. The van der Waals surface area contributed by atoms with E-state index in [1.165, 1.54) is 6.92 Å². The van der Waals surface area contributed by atoms with Gasteiger partial charge in [0.15, 0.2) is 5.75 Å². The van der Waals surface area contributed by atoms with Gasteiger partial charge in [-0.1, -0.05) is 30.3 Å². The van der Waals surface area contributed by atoms with Gasteiger partial charge in [0.2, 0.25) is 0 Å². The minimum Gasteiger partial charge on any atom is -0.425 e. The van der Waals surface area contributed by atoms with Crippen molar-refractivity contribution in [2.75, 3.05) is 0 Å². The fourth-order valence-electron chi connectivity index (χ4n) is 1.59. The molecule has 0 fully saturated rings. The Bertz CT molecular complexity index is 509. The predicted molar refractivity (Wildman–Crippen MR) is 64.8 cm³/mol. The van der Waals surface area contributed by atoms with Gasteiger partial charge in [-0.3, -0.25) is 9.78 Å². The van der Waals surface area contributed by atoms with Crippen LogP contribution in [-0.2, 0) is 11.2 Å². The van der Waals surface area contributed by atoms with E-state index < -0.39 is 0 Å². The zero-order valence-corrected chi connectivity index (χ0v) is 9.59. The first-order valence-corrected chi connectivity index (χ1v) is 5.42. The van der Waals surface area contributed by atoms with E-state index in [9.17, 15) is 4.79 Å². The Morgan fingerprint density at radius 2 is 1.94 bits per heavy atom. The van der Waals surface area contributed by atoms with Crippen LogP contribution in [0.3, 0.4) is 0 Å². The molecule has 0 unspecified atom stereocenters. The molecule has 2 aromatic rings. The van der Waals surface area contributed by atoms with Crippen LogP contribution in [0.25, 0.3) is 0 Å². The van der Waals surface area contributed by atoms with E-state index in [0.29, 0.717) is 12.2 Å². The van der Waals surface area contributed by atoms with Crippen molar-refractivity contribution in [2.45, 2.75) is 13.3 Å². The zero-order chi connectivity index (χ0) is 12.1. The van der Waals surface area contributed by atoms with Crippen LogP contribution in [0.5, 0.6) is 5.75 Å². The van der Waals surface area contributed by atoms with Crippen LogP contribution in [0.1, 0.15) is 18.2 Å². The second kappa shape index (κ2) is 5.25. The lowest BCUT2D eigenvalue weighted by Crippen LogP contribution is -2.05. The van der Waals surface area contributed by atoms with Crippen LogP contribution >= 0.6 is 0 Å². The summed E-state index contributed by atoms with van der Waals surface area (Å²) < 4.78 is 5.12. The Labute approximate surface area is 100 Å². The summed E-state index contributed by atoms with van der Waals surface area (Å²) >= 11 is 0. The van der Waals surface area contributed by atoms with E-state index in [2.05, 4.69) is 4.98 Å². The van der Waals surface area contributed by atoms with Gasteiger partial charge in [0, 0.05) is 19.5 Å². The van der Waals surface area contributed by atoms with Crippen molar-refractivity contribution in [2.24, 2.45) is 0 Å². The molecule has 0 saturated carbocycles. The van der Waals surface area contributed by atoms with Crippen LogP contribution < -0.4 is 4.74 Å². The number of ether oxygens (including phenoxy) is 1. The van der Waals surface area contributed by atoms with Crippen molar-refractivity contribution in [1.82, 2.24) is 4.98 Å². The van der Waals surface area contributed by atoms with Crippen molar-refractivity contribution in [3.63, 3.8) is 0 Å². The average Bonchev–Trinajstić information content (AvgIpc) is 2.32. The summed E-state index contributed by atoms with van der Waals surface area (Å²) in [6.45, 7) is 1.39. The highest BCUT2D eigenvalue weighted by Gasteiger charge is 2.07. The number of esters is 1. The van der Waals surface area contributed by atoms with Crippen LogP contribution in [0.4, 0.5) is 0 Å². The maximum atomic E-state index is 11.0.